The van der Waals surface area contributed by atoms with Crippen molar-refractivity contribution in [1.82, 2.24) is 14.8 Å². The van der Waals surface area contributed by atoms with Gasteiger partial charge in [0.05, 0.1) is 11.2 Å². The molecule has 0 unspecified atom stereocenters. The number of hydrogen-bond acceptors (Lipinski definition) is 4. The van der Waals surface area contributed by atoms with Gasteiger partial charge >= 0.3 is 0 Å². The number of anilines is 1. The van der Waals surface area contributed by atoms with Gasteiger partial charge in [-0.15, -0.1) is 0 Å². The minimum absolute atomic E-state index is 0.0300. The molecule has 124 valence electrons. The van der Waals surface area contributed by atoms with Gasteiger partial charge in [0.1, 0.15) is 12.4 Å². The Morgan fingerprint density at radius 3 is 2.75 bits per heavy atom. The van der Waals surface area contributed by atoms with Gasteiger partial charge in [-0.3, -0.25) is 4.68 Å². The Morgan fingerprint density at radius 2 is 2.04 bits per heavy atom. The summed E-state index contributed by atoms with van der Waals surface area (Å²) in [6.07, 6.45) is 5.18. The monoisotopic (exact) mass is 366 g/mol. The molecule has 2 aromatic heterocycles. The van der Waals surface area contributed by atoms with Crippen LogP contribution in [0, 0.1) is 5.82 Å². The minimum atomic E-state index is -0.560. The molecule has 2 heterocycles. The second-order valence-corrected chi connectivity index (χ2v) is 5.91. The summed E-state index contributed by atoms with van der Waals surface area (Å²) in [6, 6.07) is 4.36. The van der Waals surface area contributed by atoms with Crippen LogP contribution < -0.4 is 10.5 Å². The molecule has 5 nitrogen and oxygen atoms in total. The predicted octanol–water partition coefficient (Wildman–Crippen LogP) is 4.09. The molecule has 8 heteroatoms. The lowest BCUT2D eigenvalue weighted by atomic mass is 10.1. The molecule has 0 bridgehead atoms. The van der Waals surface area contributed by atoms with Crippen molar-refractivity contribution < 1.29 is 9.13 Å². The number of hydrogen-bond donors (Lipinski definition) is 1. The Hall–Kier alpha value is -2.31. The van der Waals surface area contributed by atoms with Crippen LogP contribution in [0.5, 0.6) is 5.75 Å². The number of nitrogen functional groups attached to an aromatic ring is 1. The summed E-state index contributed by atoms with van der Waals surface area (Å²) in [4.78, 5) is 4.12. The first kappa shape index (κ1) is 16.5. The van der Waals surface area contributed by atoms with Crippen molar-refractivity contribution in [1.29, 1.82) is 0 Å². The van der Waals surface area contributed by atoms with Crippen LogP contribution in [0.3, 0.4) is 0 Å². The number of ether oxygens (including phenoxy) is 1. The average molecular weight is 367 g/mol. The third-order valence-electron chi connectivity index (χ3n) is 3.43. The number of halogens is 3. The number of nitrogens with two attached hydrogens (primary N) is 1. The summed E-state index contributed by atoms with van der Waals surface area (Å²) < 4.78 is 20.9. The summed E-state index contributed by atoms with van der Waals surface area (Å²) in [6.45, 7) is -0.0300. The Bertz CT molecular complexity index is 898. The van der Waals surface area contributed by atoms with Crippen molar-refractivity contribution in [2.24, 2.45) is 7.05 Å². The zero-order valence-corrected chi connectivity index (χ0v) is 14.1. The van der Waals surface area contributed by atoms with Crippen molar-refractivity contribution in [2.45, 2.75) is 6.61 Å². The van der Waals surface area contributed by atoms with Gasteiger partial charge < -0.3 is 10.5 Å². The van der Waals surface area contributed by atoms with Crippen molar-refractivity contribution in [3.05, 3.63) is 58.2 Å². The Labute approximate surface area is 147 Å². The lowest BCUT2D eigenvalue weighted by molar-refractivity contribution is 0.306. The lowest BCUT2D eigenvalue weighted by Crippen LogP contribution is -2.02. The van der Waals surface area contributed by atoms with Crippen molar-refractivity contribution in [3.8, 4) is 16.9 Å². The Kier molecular flexibility index (Phi) is 4.59. The molecule has 3 rings (SSSR count). The molecule has 0 aliphatic carbocycles. The Morgan fingerprint density at radius 1 is 1.25 bits per heavy atom. The van der Waals surface area contributed by atoms with Crippen molar-refractivity contribution in [2.75, 3.05) is 5.73 Å². The zero-order valence-electron chi connectivity index (χ0n) is 12.6. The highest BCUT2D eigenvalue weighted by Gasteiger charge is 2.13. The van der Waals surface area contributed by atoms with Gasteiger partial charge in [0.2, 0.25) is 0 Å². The summed E-state index contributed by atoms with van der Waals surface area (Å²) in [5.41, 5.74) is 7.86. The quantitative estimate of drug-likeness (QED) is 0.706. The van der Waals surface area contributed by atoms with E-state index in [1.54, 1.807) is 23.1 Å². The number of aryl methyl sites for hydroxylation is 1. The number of nitrogens with zero attached hydrogens (tertiary/aromatic N) is 3. The first-order chi connectivity index (χ1) is 11.5. The average Bonchev–Trinajstić information content (AvgIpc) is 2.99. The van der Waals surface area contributed by atoms with Crippen LogP contribution in [0.25, 0.3) is 11.1 Å². The highest BCUT2D eigenvalue weighted by atomic mass is 35.5. The molecular weight excluding hydrogens is 354 g/mol. The van der Waals surface area contributed by atoms with Crippen molar-refractivity contribution in [3.63, 3.8) is 0 Å². The van der Waals surface area contributed by atoms with Gasteiger partial charge in [-0.05, 0) is 18.2 Å². The fourth-order valence-electron chi connectivity index (χ4n) is 2.15. The molecule has 0 aliphatic rings. The molecule has 0 spiro atoms. The van der Waals surface area contributed by atoms with Crippen LogP contribution in [0.2, 0.25) is 10.0 Å². The molecule has 1 aromatic carbocycles. The molecule has 0 radical (unpaired) electrons. The van der Waals surface area contributed by atoms with Crippen LogP contribution in [-0.2, 0) is 13.7 Å². The van der Waals surface area contributed by atoms with E-state index >= 15 is 0 Å². The van der Waals surface area contributed by atoms with Crippen molar-refractivity contribution >= 4 is 29.0 Å². The van der Waals surface area contributed by atoms with Gasteiger partial charge in [-0.2, -0.15) is 5.10 Å². The molecule has 0 amide bonds. The van der Waals surface area contributed by atoms with Gasteiger partial charge in [0.25, 0.3) is 0 Å². The van der Waals surface area contributed by atoms with E-state index < -0.39 is 5.82 Å². The number of rotatable bonds is 4. The molecule has 2 N–H and O–H groups in total. The largest absolute Gasteiger partial charge is 0.485 e. The van der Waals surface area contributed by atoms with Crippen LogP contribution in [-0.4, -0.2) is 14.8 Å². The maximum Gasteiger partial charge on any atom is 0.166 e. The fraction of sp³-hybridized carbons (Fsp3) is 0.125. The zero-order chi connectivity index (χ0) is 17.3. The first-order valence-corrected chi connectivity index (χ1v) is 7.71. The van der Waals surface area contributed by atoms with Crippen LogP contribution in [0.4, 0.5) is 10.2 Å². The van der Waals surface area contributed by atoms with E-state index in [0.717, 1.165) is 11.1 Å². The predicted molar refractivity (Wildman–Crippen MR) is 91.6 cm³/mol. The molecular formula is C16H13Cl2FN4O. The highest BCUT2D eigenvalue weighted by molar-refractivity contribution is 6.36. The molecule has 0 fully saturated rings. The van der Waals surface area contributed by atoms with Gasteiger partial charge in [-0.1, -0.05) is 23.2 Å². The van der Waals surface area contributed by atoms with E-state index in [9.17, 15) is 4.39 Å². The van der Waals surface area contributed by atoms with Gasteiger partial charge in [-0.25, -0.2) is 9.37 Å². The SMILES string of the molecule is Cn1cc(-c2cnc(N)c(OCc3c(Cl)ccc(F)c3Cl)c2)cn1. The van der Waals surface area contributed by atoms with Gasteiger partial charge in [0, 0.05) is 41.2 Å². The Balaban J connectivity index is 1.87. The molecule has 3 aromatic rings. The third-order valence-corrected chi connectivity index (χ3v) is 4.19. The molecule has 0 saturated carbocycles. The standard InChI is InChI=1S/C16H13Cl2FN4O/c1-23-7-10(6-22-23)9-4-14(16(20)21-5-9)24-8-11-12(17)2-3-13(19)15(11)18/h2-7H,8H2,1H3,(H2,20,21). The fourth-order valence-corrected chi connectivity index (χ4v) is 2.63. The maximum atomic E-state index is 13.6. The second-order valence-electron chi connectivity index (χ2n) is 5.12. The summed E-state index contributed by atoms with van der Waals surface area (Å²) >= 11 is 12.0. The smallest absolute Gasteiger partial charge is 0.166 e. The van der Waals surface area contributed by atoms with Crippen LogP contribution in [0.15, 0.2) is 36.8 Å². The molecule has 24 heavy (non-hydrogen) atoms. The lowest BCUT2D eigenvalue weighted by Gasteiger charge is -2.12. The van der Waals surface area contributed by atoms with E-state index in [1.165, 1.54) is 12.1 Å². The number of benzene rings is 1. The van der Waals surface area contributed by atoms with Crippen LogP contribution >= 0.6 is 23.2 Å². The van der Waals surface area contributed by atoms with E-state index in [-0.39, 0.29) is 17.4 Å². The number of pyridine rings is 1. The molecule has 0 saturated heterocycles. The molecule has 0 atom stereocenters. The number of aromatic nitrogens is 3. The van der Waals surface area contributed by atoms with Crippen LogP contribution in [0.1, 0.15) is 5.56 Å². The summed E-state index contributed by atoms with van der Waals surface area (Å²) in [5.74, 6) is 0.00825. The van der Waals surface area contributed by atoms with E-state index in [0.29, 0.717) is 16.3 Å². The second kappa shape index (κ2) is 6.67. The summed E-state index contributed by atoms with van der Waals surface area (Å²) in [5, 5.41) is 4.36. The van der Waals surface area contributed by atoms with E-state index in [4.69, 9.17) is 33.7 Å². The normalized spacial score (nSPS) is 10.8. The summed E-state index contributed by atoms with van der Waals surface area (Å²) in [7, 11) is 1.82. The topological polar surface area (TPSA) is 66.0 Å². The third kappa shape index (κ3) is 3.29. The van der Waals surface area contributed by atoms with Gasteiger partial charge in [0.15, 0.2) is 11.6 Å². The molecule has 0 aliphatic heterocycles. The minimum Gasteiger partial charge on any atom is -0.485 e. The van der Waals surface area contributed by atoms with E-state index in [2.05, 4.69) is 10.1 Å². The van der Waals surface area contributed by atoms with E-state index in [1.807, 2.05) is 13.2 Å². The highest BCUT2D eigenvalue weighted by Crippen LogP contribution is 2.31. The first-order valence-electron chi connectivity index (χ1n) is 6.95. The maximum absolute atomic E-state index is 13.6.